The van der Waals surface area contributed by atoms with Crippen molar-refractivity contribution >= 4 is 0 Å². The average Bonchev–Trinajstić information content (AvgIpc) is 2.65. The van der Waals surface area contributed by atoms with Gasteiger partial charge in [0.2, 0.25) is 0 Å². The molecular weight excluding hydrogens is 244 g/mol. The van der Waals surface area contributed by atoms with Gasteiger partial charge in [0.25, 0.3) is 0 Å². The molecule has 1 aliphatic carbocycles. The van der Waals surface area contributed by atoms with E-state index in [0.717, 1.165) is 6.04 Å². The molecule has 1 rings (SSSR count). The Bertz CT molecular complexity index is 224. The summed E-state index contributed by atoms with van der Waals surface area (Å²) >= 11 is 0. The third-order valence-corrected chi connectivity index (χ3v) is 4.54. The molecule has 0 heterocycles. The highest BCUT2D eigenvalue weighted by Crippen LogP contribution is 2.21. The summed E-state index contributed by atoms with van der Waals surface area (Å²) in [6.45, 7) is 9.21. The second kappa shape index (κ2) is 9.78. The molecule has 2 nitrogen and oxygen atoms in total. The first kappa shape index (κ1) is 18.0. The van der Waals surface area contributed by atoms with Crippen LogP contribution in [-0.2, 0) is 0 Å². The molecule has 0 aromatic carbocycles. The molecule has 0 amide bonds. The predicted molar refractivity (Wildman–Crippen MR) is 90.3 cm³/mol. The monoisotopic (exact) mass is 282 g/mol. The minimum Gasteiger partial charge on any atom is -0.312 e. The second-order valence-corrected chi connectivity index (χ2v) is 7.72. The third-order valence-electron chi connectivity index (χ3n) is 4.54. The summed E-state index contributed by atoms with van der Waals surface area (Å²) in [6.07, 6.45) is 14.2. The van der Waals surface area contributed by atoms with Gasteiger partial charge >= 0.3 is 0 Å². The maximum absolute atomic E-state index is 3.57. The standard InChI is InChI=1S/C18H38N2/c1-18(2,3)19-15-11-7-8-12-16-20(4)17-13-9-5-6-10-14-17/h17,19H,5-16H2,1-4H3. The van der Waals surface area contributed by atoms with Crippen LogP contribution in [-0.4, -0.2) is 36.6 Å². The van der Waals surface area contributed by atoms with E-state index in [9.17, 15) is 0 Å². The third kappa shape index (κ3) is 8.97. The molecule has 1 N–H and O–H groups in total. The Hall–Kier alpha value is -0.0800. The van der Waals surface area contributed by atoms with E-state index in [0.29, 0.717) is 0 Å². The molecule has 120 valence electrons. The Kier molecular flexibility index (Phi) is 8.79. The Morgan fingerprint density at radius 2 is 1.50 bits per heavy atom. The molecule has 0 radical (unpaired) electrons. The topological polar surface area (TPSA) is 15.3 Å². The van der Waals surface area contributed by atoms with Gasteiger partial charge in [0, 0.05) is 11.6 Å². The molecule has 0 bridgehead atoms. The molecule has 0 saturated heterocycles. The number of hydrogen-bond donors (Lipinski definition) is 1. The highest BCUT2D eigenvalue weighted by Gasteiger charge is 2.16. The van der Waals surface area contributed by atoms with Crippen LogP contribution in [0.2, 0.25) is 0 Å². The molecule has 1 aliphatic rings. The van der Waals surface area contributed by atoms with Gasteiger partial charge in [-0.1, -0.05) is 38.5 Å². The molecular formula is C18H38N2. The van der Waals surface area contributed by atoms with Gasteiger partial charge in [0.15, 0.2) is 0 Å². The van der Waals surface area contributed by atoms with Crippen molar-refractivity contribution < 1.29 is 0 Å². The molecule has 0 aromatic heterocycles. The van der Waals surface area contributed by atoms with Crippen molar-refractivity contribution in [2.45, 2.75) is 96.6 Å². The van der Waals surface area contributed by atoms with Crippen LogP contribution in [0.25, 0.3) is 0 Å². The zero-order valence-corrected chi connectivity index (χ0v) is 14.5. The lowest BCUT2D eigenvalue weighted by molar-refractivity contribution is 0.216. The van der Waals surface area contributed by atoms with Crippen molar-refractivity contribution in [2.24, 2.45) is 0 Å². The predicted octanol–water partition coefficient (Wildman–Crippen LogP) is 4.59. The normalized spacial score (nSPS) is 18.4. The minimum absolute atomic E-state index is 0.277. The van der Waals surface area contributed by atoms with E-state index >= 15 is 0 Å². The van der Waals surface area contributed by atoms with Gasteiger partial charge in [-0.3, -0.25) is 0 Å². The summed E-state index contributed by atoms with van der Waals surface area (Å²) in [6, 6.07) is 0.875. The molecule has 20 heavy (non-hydrogen) atoms. The van der Waals surface area contributed by atoms with Crippen LogP contribution in [0.5, 0.6) is 0 Å². The van der Waals surface area contributed by atoms with Crippen LogP contribution in [0.1, 0.15) is 85.0 Å². The molecule has 0 unspecified atom stereocenters. The lowest BCUT2D eigenvalue weighted by Crippen LogP contribution is -2.36. The zero-order valence-electron chi connectivity index (χ0n) is 14.5. The minimum atomic E-state index is 0.277. The smallest absolute Gasteiger partial charge is 0.00965 e. The van der Waals surface area contributed by atoms with Crippen LogP contribution in [0, 0.1) is 0 Å². The highest BCUT2D eigenvalue weighted by atomic mass is 15.1. The van der Waals surface area contributed by atoms with Crippen molar-refractivity contribution in [2.75, 3.05) is 20.1 Å². The largest absolute Gasteiger partial charge is 0.312 e. The molecule has 0 aliphatic heterocycles. The Morgan fingerprint density at radius 1 is 0.900 bits per heavy atom. The van der Waals surface area contributed by atoms with E-state index in [2.05, 4.69) is 38.0 Å². The highest BCUT2D eigenvalue weighted by molar-refractivity contribution is 4.72. The Morgan fingerprint density at radius 3 is 2.10 bits per heavy atom. The van der Waals surface area contributed by atoms with Crippen LogP contribution in [0.4, 0.5) is 0 Å². The molecule has 0 aromatic rings. The average molecular weight is 283 g/mol. The van der Waals surface area contributed by atoms with E-state index in [1.165, 1.54) is 77.3 Å². The Labute approximate surface area is 127 Å². The van der Waals surface area contributed by atoms with Crippen molar-refractivity contribution in [3.63, 3.8) is 0 Å². The maximum Gasteiger partial charge on any atom is 0.00965 e. The molecule has 2 heteroatoms. The van der Waals surface area contributed by atoms with Gasteiger partial charge in [-0.2, -0.15) is 0 Å². The van der Waals surface area contributed by atoms with Gasteiger partial charge in [0.05, 0.1) is 0 Å². The molecule has 1 saturated carbocycles. The number of hydrogen-bond acceptors (Lipinski definition) is 2. The number of nitrogens with zero attached hydrogens (tertiary/aromatic N) is 1. The molecule has 0 atom stereocenters. The zero-order chi connectivity index (χ0) is 14.8. The second-order valence-electron chi connectivity index (χ2n) is 7.72. The van der Waals surface area contributed by atoms with Gasteiger partial charge < -0.3 is 10.2 Å². The number of unbranched alkanes of at least 4 members (excludes halogenated alkanes) is 3. The van der Waals surface area contributed by atoms with E-state index in [1.807, 2.05) is 0 Å². The van der Waals surface area contributed by atoms with Gasteiger partial charge in [0.1, 0.15) is 0 Å². The van der Waals surface area contributed by atoms with E-state index in [4.69, 9.17) is 0 Å². The van der Waals surface area contributed by atoms with Crippen LogP contribution in [0.15, 0.2) is 0 Å². The first-order chi connectivity index (χ1) is 9.49. The van der Waals surface area contributed by atoms with E-state index < -0.39 is 0 Å². The first-order valence-corrected chi connectivity index (χ1v) is 8.94. The maximum atomic E-state index is 3.57. The fraction of sp³-hybridized carbons (Fsp3) is 1.00. The molecule has 0 spiro atoms. The SMILES string of the molecule is CN(CCCCCCNC(C)(C)C)C1CCCCCC1. The summed E-state index contributed by atoms with van der Waals surface area (Å²) in [5, 5.41) is 3.57. The fourth-order valence-corrected chi connectivity index (χ4v) is 3.18. The summed E-state index contributed by atoms with van der Waals surface area (Å²) < 4.78 is 0. The summed E-state index contributed by atoms with van der Waals surface area (Å²) in [4.78, 5) is 2.64. The quantitative estimate of drug-likeness (QED) is 0.517. The van der Waals surface area contributed by atoms with Crippen molar-refractivity contribution in [3.05, 3.63) is 0 Å². The lowest BCUT2D eigenvalue weighted by Gasteiger charge is -2.27. The summed E-state index contributed by atoms with van der Waals surface area (Å²) in [5.41, 5.74) is 0.277. The fourth-order valence-electron chi connectivity index (χ4n) is 3.18. The number of nitrogens with one attached hydrogen (secondary N) is 1. The van der Waals surface area contributed by atoms with Gasteiger partial charge in [-0.05, 0) is 66.6 Å². The first-order valence-electron chi connectivity index (χ1n) is 8.94. The molecule has 1 fully saturated rings. The van der Waals surface area contributed by atoms with Crippen LogP contribution < -0.4 is 5.32 Å². The van der Waals surface area contributed by atoms with Crippen molar-refractivity contribution in [3.8, 4) is 0 Å². The van der Waals surface area contributed by atoms with E-state index in [1.54, 1.807) is 0 Å². The Balaban J connectivity index is 1.97. The van der Waals surface area contributed by atoms with Crippen LogP contribution >= 0.6 is 0 Å². The van der Waals surface area contributed by atoms with Gasteiger partial charge in [-0.15, -0.1) is 0 Å². The van der Waals surface area contributed by atoms with Crippen molar-refractivity contribution in [1.29, 1.82) is 0 Å². The van der Waals surface area contributed by atoms with Crippen LogP contribution in [0.3, 0.4) is 0 Å². The van der Waals surface area contributed by atoms with Gasteiger partial charge in [-0.25, -0.2) is 0 Å². The van der Waals surface area contributed by atoms with Crippen molar-refractivity contribution in [1.82, 2.24) is 10.2 Å². The summed E-state index contributed by atoms with van der Waals surface area (Å²) in [7, 11) is 2.34. The number of rotatable bonds is 8. The summed E-state index contributed by atoms with van der Waals surface area (Å²) in [5.74, 6) is 0. The van der Waals surface area contributed by atoms with E-state index in [-0.39, 0.29) is 5.54 Å². The lowest BCUT2D eigenvalue weighted by atomic mass is 10.1.